The maximum Gasteiger partial charge on any atom is 0.375 e. The highest BCUT2D eigenvalue weighted by atomic mass is 16.6. The van der Waals surface area contributed by atoms with E-state index < -0.39 is 29.6 Å². The monoisotopic (exact) mass is 252 g/mol. The number of carbonyl (C=O) groups is 3. The second kappa shape index (κ2) is 5.16. The molecule has 0 fully saturated rings. The van der Waals surface area contributed by atoms with Crippen molar-refractivity contribution in [3.8, 4) is 0 Å². The summed E-state index contributed by atoms with van der Waals surface area (Å²) in [5.74, 6) is -1.76. The van der Waals surface area contributed by atoms with Crippen LogP contribution in [0.15, 0.2) is 16.5 Å². The van der Waals surface area contributed by atoms with Gasteiger partial charge >= 0.3 is 5.97 Å². The standard InChI is InChI=1S/C13H16O5/c1-8-5-6-11(17-8)9(14)7-10(15)12(16)18-13(2,3)4/h5-6H,7H2,1-4H3. The Balaban J connectivity index is 2.60. The predicted molar refractivity (Wildman–Crippen MR) is 63.2 cm³/mol. The third-order valence-electron chi connectivity index (χ3n) is 1.96. The molecule has 0 aromatic carbocycles. The normalized spacial score (nSPS) is 11.1. The van der Waals surface area contributed by atoms with Crippen LogP contribution in [0.2, 0.25) is 0 Å². The van der Waals surface area contributed by atoms with E-state index in [1.165, 1.54) is 6.07 Å². The van der Waals surface area contributed by atoms with Crippen LogP contribution in [-0.2, 0) is 14.3 Å². The highest BCUT2D eigenvalue weighted by molar-refractivity contribution is 6.38. The molecule has 1 aromatic rings. The minimum Gasteiger partial charge on any atom is -0.458 e. The Bertz CT molecular complexity index is 476. The van der Waals surface area contributed by atoms with E-state index in [0.717, 1.165) is 0 Å². The number of esters is 1. The number of aryl methyl sites for hydroxylation is 1. The fraction of sp³-hybridized carbons (Fsp3) is 0.462. The molecule has 0 saturated heterocycles. The number of ketones is 2. The summed E-state index contributed by atoms with van der Waals surface area (Å²) in [6.07, 6.45) is -0.540. The zero-order chi connectivity index (χ0) is 13.9. The van der Waals surface area contributed by atoms with Crippen molar-refractivity contribution in [2.24, 2.45) is 0 Å². The first-order valence-corrected chi connectivity index (χ1v) is 5.55. The zero-order valence-corrected chi connectivity index (χ0v) is 10.9. The maximum atomic E-state index is 11.6. The van der Waals surface area contributed by atoms with Gasteiger partial charge in [0, 0.05) is 0 Å². The van der Waals surface area contributed by atoms with Crippen LogP contribution in [0.5, 0.6) is 0 Å². The quantitative estimate of drug-likeness (QED) is 0.355. The number of carbonyl (C=O) groups excluding carboxylic acids is 3. The Morgan fingerprint density at radius 3 is 2.28 bits per heavy atom. The molecular formula is C13H16O5. The second-order valence-corrected chi connectivity index (χ2v) is 4.94. The van der Waals surface area contributed by atoms with E-state index in [4.69, 9.17) is 9.15 Å². The Kier molecular flexibility index (Phi) is 4.06. The fourth-order valence-corrected chi connectivity index (χ4v) is 1.22. The summed E-state index contributed by atoms with van der Waals surface area (Å²) in [6.45, 7) is 6.63. The van der Waals surface area contributed by atoms with E-state index >= 15 is 0 Å². The predicted octanol–water partition coefficient (Wildman–Crippen LogP) is 2.07. The van der Waals surface area contributed by atoms with Gasteiger partial charge in [-0.1, -0.05) is 0 Å². The van der Waals surface area contributed by atoms with E-state index in [1.54, 1.807) is 33.8 Å². The first kappa shape index (κ1) is 14.2. The molecule has 0 aliphatic rings. The largest absolute Gasteiger partial charge is 0.458 e. The van der Waals surface area contributed by atoms with Gasteiger partial charge in [0.05, 0.1) is 6.42 Å². The van der Waals surface area contributed by atoms with Crippen LogP contribution in [0.1, 0.15) is 43.5 Å². The van der Waals surface area contributed by atoms with E-state index in [9.17, 15) is 14.4 Å². The Morgan fingerprint density at radius 2 is 1.83 bits per heavy atom. The van der Waals surface area contributed by atoms with Gasteiger partial charge in [-0.05, 0) is 39.8 Å². The van der Waals surface area contributed by atoms with Gasteiger partial charge in [-0.25, -0.2) is 4.79 Å². The van der Waals surface area contributed by atoms with Gasteiger partial charge in [-0.2, -0.15) is 0 Å². The van der Waals surface area contributed by atoms with Gasteiger partial charge in [-0.15, -0.1) is 0 Å². The molecule has 0 radical (unpaired) electrons. The lowest BCUT2D eigenvalue weighted by molar-refractivity contribution is -0.162. The Labute approximate surface area is 105 Å². The van der Waals surface area contributed by atoms with Gasteiger partial charge in [0.2, 0.25) is 11.6 Å². The summed E-state index contributed by atoms with van der Waals surface area (Å²) in [5.41, 5.74) is -0.753. The van der Waals surface area contributed by atoms with E-state index in [0.29, 0.717) is 5.76 Å². The van der Waals surface area contributed by atoms with Gasteiger partial charge in [-0.3, -0.25) is 9.59 Å². The van der Waals surface area contributed by atoms with Crippen molar-refractivity contribution in [1.82, 2.24) is 0 Å². The van der Waals surface area contributed by atoms with E-state index in [1.807, 2.05) is 0 Å². The van der Waals surface area contributed by atoms with Crippen LogP contribution in [0.25, 0.3) is 0 Å². The number of furan rings is 1. The van der Waals surface area contributed by atoms with Crippen molar-refractivity contribution in [3.05, 3.63) is 23.7 Å². The van der Waals surface area contributed by atoms with Crippen molar-refractivity contribution in [1.29, 1.82) is 0 Å². The molecule has 5 nitrogen and oxygen atoms in total. The van der Waals surface area contributed by atoms with Crippen molar-refractivity contribution in [2.45, 2.75) is 39.7 Å². The molecule has 0 bridgehead atoms. The molecule has 0 aliphatic heterocycles. The molecule has 0 amide bonds. The van der Waals surface area contributed by atoms with Gasteiger partial charge in [0.25, 0.3) is 0 Å². The molecular weight excluding hydrogens is 236 g/mol. The number of ether oxygens (including phenoxy) is 1. The third kappa shape index (κ3) is 4.16. The Morgan fingerprint density at radius 1 is 1.22 bits per heavy atom. The molecule has 0 N–H and O–H groups in total. The lowest BCUT2D eigenvalue weighted by Gasteiger charge is -2.18. The molecule has 98 valence electrons. The van der Waals surface area contributed by atoms with Crippen LogP contribution in [0, 0.1) is 6.92 Å². The van der Waals surface area contributed by atoms with Crippen LogP contribution >= 0.6 is 0 Å². The summed E-state index contributed by atoms with van der Waals surface area (Å²) < 4.78 is 9.94. The number of rotatable bonds is 4. The second-order valence-electron chi connectivity index (χ2n) is 4.94. The third-order valence-corrected chi connectivity index (χ3v) is 1.96. The van der Waals surface area contributed by atoms with Crippen LogP contribution in [0.4, 0.5) is 0 Å². The molecule has 5 heteroatoms. The molecule has 1 aromatic heterocycles. The summed E-state index contributed by atoms with van der Waals surface area (Å²) in [6, 6.07) is 3.09. The van der Waals surface area contributed by atoms with Crippen molar-refractivity contribution in [2.75, 3.05) is 0 Å². The topological polar surface area (TPSA) is 73.6 Å². The lowest BCUT2D eigenvalue weighted by Crippen LogP contribution is -2.30. The molecule has 0 spiro atoms. The smallest absolute Gasteiger partial charge is 0.375 e. The van der Waals surface area contributed by atoms with Gasteiger partial charge in [0.1, 0.15) is 11.4 Å². The highest BCUT2D eigenvalue weighted by Gasteiger charge is 2.25. The molecule has 0 atom stereocenters. The van der Waals surface area contributed by atoms with Crippen molar-refractivity contribution >= 4 is 17.5 Å². The molecule has 18 heavy (non-hydrogen) atoms. The average Bonchev–Trinajstić information content (AvgIpc) is 2.62. The minimum atomic E-state index is -1.00. The van der Waals surface area contributed by atoms with Crippen LogP contribution in [0.3, 0.4) is 0 Å². The SMILES string of the molecule is Cc1ccc(C(=O)CC(=O)C(=O)OC(C)(C)C)o1. The first-order valence-electron chi connectivity index (χ1n) is 5.55. The van der Waals surface area contributed by atoms with Gasteiger partial charge < -0.3 is 9.15 Å². The fourth-order valence-electron chi connectivity index (χ4n) is 1.22. The van der Waals surface area contributed by atoms with Crippen molar-refractivity contribution < 1.29 is 23.5 Å². The Hall–Kier alpha value is -1.91. The molecule has 1 heterocycles. The number of hydrogen-bond donors (Lipinski definition) is 0. The molecule has 1 rings (SSSR count). The number of Topliss-reactive ketones (excluding diaryl/α,β-unsaturated/α-hetero) is 2. The zero-order valence-electron chi connectivity index (χ0n) is 10.9. The number of hydrogen-bond acceptors (Lipinski definition) is 5. The highest BCUT2D eigenvalue weighted by Crippen LogP contribution is 2.11. The first-order chi connectivity index (χ1) is 8.19. The van der Waals surface area contributed by atoms with E-state index in [2.05, 4.69) is 0 Å². The lowest BCUT2D eigenvalue weighted by atomic mass is 10.1. The van der Waals surface area contributed by atoms with E-state index in [-0.39, 0.29) is 5.76 Å². The van der Waals surface area contributed by atoms with Crippen LogP contribution < -0.4 is 0 Å². The average molecular weight is 252 g/mol. The summed E-state index contributed by atoms with van der Waals surface area (Å²) >= 11 is 0. The van der Waals surface area contributed by atoms with Crippen molar-refractivity contribution in [3.63, 3.8) is 0 Å². The molecule has 0 saturated carbocycles. The summed E-state index contributed by atoms with van der Waals surface area (Å²) in [7, 11) is 0. The molecule has 0 aliphatic carbocycles. The summed E-state index contributed by atoms with van der Waals surface area (Å²) in [5, 5.41) is 0. The van der Waals surface area contributed by atoms with Gasteiger partial charge in [0.15, 0.2) is 5.76 Å². The minimum absolute atomic E-state index is 0.0735. The maximum absolute atomic E-state index is 11.6. The van der Waals surface area contributed by atoms with Crippen LogP contribution in [-0.4, -0.2) is 23.1 Å². The summed E-state index contributed by atoms with van der Waals surface area (Å²) in [4.78, 5) is 34.5. The molecule has 0 unspecified atom stereocenters.